The summed E-state index contributed by atoms with van der Waals surface area (Å²) >= 11 is 0. The van der Waals surface area contributed by atoms with Gasteiger partial charge >= 0.3 is 17.9 Å². The summed E-state index contributed by atoms with van der Waals surface area (Å²) in [5.74, 6) is -1.01. The lowest BCUT2D eigenvalue weighted by atomic mass is 10.1. The van der Waals surface area contributed by atoms with Gasteiger partial charge in [-0.15, -0.1) is 0 Å². The smallest absolute Gasteiger partial charge is 0.306 e. The number of carbonyl (C=O) groups excluding carboxylic acids is 3. The number of hydrogen-bond acceptors (Lipinski definition) is 6. The Balaban J connectivity index is 4.49. The van der Waals surface area contributed by atoms with Crippen molar-refractivity contribution in [2.24, 2.45) is 0 Å². The molecule has 58 heavy (non-hydrogen) atoms. The van der Waals surface area contributed by atoms with Crippen LogP contribution in [0, 0.1) is 0 Å². The Labute approximate surface area is 354 Å². The SMILES string of the molecule is CC\C=C/C=C\C=C/CCCCCCCC(=O)OC(COC(=O)CCCC/C=C\C/C=C\CC)COC(=O)CCCCCCC\C=C/C=C\C=C/C=C\C=C/CCC. The Hall–Kier alpha value is -4.19. The second-order valence-corrected chi connectivity index (χ2v) is 14.4. The number of allylic oxidation sites excluding steroid dienone is 20. The van der Waals surface area contributed by atoms with Crippen molar-refractivity contribution >= 4 is 17.9 Å². The molecular formula is C52H80O6. The number of rotatable bonds is 38. The van der Waals surface area contributed by atoms with Crippen LogP contribution in [0.25, 0.3) is 0 Å². The molecule has 0 aliphatic heterocycles. The van der Waals surface area contributed by atoms with Gasteiger partial charge in [-0.25, -0.2) is 0 Å². The van der Waals surface area contributed by atoms with E-state index in [0.717, 1.165) is 122 Å². The predicted molar refractivity (Wildman–Crippen MR) is 246 cm³/mol. The summed E-state index contributed by atoms with van der Waals surface area (Å²) in [6, 6.07) is 0. The highest BCUT2D eigenvalue weighted by Crippen LogP contribution is 2.12. The van der Waals surface area contributed by atoms with E-state index in [1.165, 1.54) is 6.42 Å². The molecule has 0 spiro atoms. The quantitative estimate of drug-likeness (QED) is 0.0203. The minimum Gasteiger partial charge on any atom is -0.462 e. The number of hydrogen-bond donors (Lipinski definition) is 0. The van der Waals surface area contributed by atoms with Crippen LogP contribution in [-0.4, -0.2) is 37.2 Å². The van der Waals surface area contributed by atoms with E-state index in [0.29, 0.717) is 12.8 Å². The normalized spacial score (nSPS) is 13.2. The van der Waals surface area contributed by atoms with Crippen molar-refractivity contribution < 1.29 is 28.6 Å². The molecule has 0 bridgehead atoms. The van der Waals surface area contributed by atoms with Gasteiger partial charge in [0.1, 0.15) is 13.2 Å². The van der Waals surface area contributed by atoms with Gasteiger partial charge in [0, 0.05) is 19.3 Å². The van der Waals surface area contributed by atoms with E-state index in [2.05, 4.69) is 99.8 Å². The lowest BCUT2D eigenvalue weighted by Crippen LogP contribution is -2.30. The molecule has 0 radical (unpaired) electrons. The van der Waals surface area contributed by atoms with Crippen molar-refractivity contribution in [2.75, 3.05) is 13.2 Å². The molecule has 0 saturated carbocycles. The van der Waals surface area contributed by atoms with Crippen LogP contribution < -0.4 is 0 Å². The third-order valence-corrected chi connectivity index (χ3v) is 8.85. The van der Waals surface area contributed by atoms with Crippen molar-refractivity contribution in [3.63, 3.8) is 0 Å². The van der Waals surface area contributed by atoms with Crippen molar-refractivity contribution in [1.29, 1.82) is 0 Å². The summed E-state index contributed by atoms with van der Waals surface area (Å²) in [6.07, 6.45) is 61.9. The molecule has 0 heterocycles. The Bertz CT molecular complexity index is 1290. The molecule has 324 valence electrons. The first-order valence-electron chi connectivity index (χ1n) is 22.6. The highest BCUT2D eigenvalue weighted by Gasteiger charge is 2.19. The summed E-state index contributed by atoms with van der Waals surface area (Å²) in [5.41, 5.74) is 0. The van der Waals surface area contributed by atoms with E-state index >= 15 is 0 Å². The van der Waals surface area contributed by atoms with Crippen molar-refractivity contribution in [2.45, 2.75) is 175 Å². The molecule has 1 unspecified atom stereocenters. The van der Waals surface area contributed by atoms with Gasteiger partial charge < -0.3 is 14.2 Å². The van der Waals surface area contributed by atoms with Crippen LogP contribution >= 0.6 is 0 Å². The fourth-order valence-corrected chi connectivity index (χ4v) is 5.51. The zero-order valence-electron chi connectivity index (χ0n) is 36.8. The van der Waals surface area contributed by atoms with Crippen molar-refractivity contribution in [3.05, 3.63) is 122 Å². The lowest BCUT2D eigenvalue weighted by Gasteiger charge is -2.18. The Morgan fingerprint density at radius 3 is 1.28 bits per heavy atom. The molecule has 0 aromatic rings. The maximum atomic E-state index is 12.7. The van der Waals surface area contributed by atoms with E-state index in [9.17, 15) is 14.4 Å². The highest BCUT2D eigenvalue weighted by atomic mass is 16.6. The van der Waals surface area contributed by atoms with Crippen LogP contribution in [0.5, 0.6) is 0 Å². The van der Waals surface area contributed by atoms with Gasteiger partial charge in [-0.1, -0.05) is 187 Å². The molecule has 6 nitrogen and oxygen atoms in total. The number of ether oxygens (including phenoxy) is 3. The Morgan fingerprint density at radius 2 is 0.759 bits per heavy atom. The van der Waals surface area contributed by atoms with Gasteiger partial charge in [0.05, 0.1) is 0 Å². The van der Waals surface area contributed by atoms with E-state index in [-0.39, 0.29) is 37.5 Å². The first-order valence-corrected chi connectivity index (χ1v) is 22.6. The third kappa shape index (κ3) is 42.9. The first kappa shape index (κ1) is 53.8. The van der Waals surface area contributed by atoms with Gasteiger partial charge in [0.2, 0.25) is 0 Å². The molecule has 0 fully saturated rings. The molecule has 0 aliphatic carbocycles. The Kier molecular flexibility index (Phi) is 42.2. The van der Waals surface area contributed by atoms with Crippen LogP contribution in [0.3, 0.4) is 0 Å². The highest BCUT2D eigenvalue weighted by molar-refractivity contribution is 5.71. The van der Waals surface area contributed by atoms with Gasteiger partial charge in [0.15, 0.2) is 6.10 Å². The van der Waals surface area contributed by atoms with E-state index < -0.39 is 6.10 Å². The monoisotopic (exact) mass is 801 g/mol. The summed E-state index contributed by atoms with van der Waals surface area (Å²) in [6.45, 7) is 6.18. The summed E-state index contributed by atoms with van der Waals surface area (Å²) in [5, 5.41) is 0. The summed E-state index contributed by atoms with van der Waals surface area (Å²) in [7, 11) is 0. The second kappa shape index (κ2) is 45.5. The van der Waals surface area contributed by atoms with Crippen LogP contribution in [0.2, 0.25) is 0 Å². The molecule has 6 heteroatoms. The second-order valence-electron chi connectivity index (χ2n) is 14.4. The topological polar surface area (TPSA) is 78.9 Å². The van der Waals surface area contributed by atoms with Crippen LogP contribution in [0.4, 0.5) is 0 Å². The molecule has 0 rings (SSSR count). The number of esters is 3. The van der Waals surface area contributed by atoms with Gasteiger partial charge in [-0.3, -0.25) is 14.4 Å². The van der Waals surface area contributed by atoms with Gasteiger partial charge in [-0.2, -0.15) is 0 Å². The van der Waals surface area contributed by atoms with E-state index in [1.54, 1.807) is 0 Å². The summed E-state index contributed by atoms with van der Waals surface area (Å²) < 4.78 is 16.6. The molecule has 0 aliphatic rings. The van der Waals surface area contributed by atoms with Crippen LogP contribution in [0.1, 0.15) is 168 Å². The number of unbranched alkanes of at least 4 members (excludes halogenated alkanes) is 13. The minimum absolute atomic E-state index is 0.115. The number of carbonyl (C=O) groups is 3. The summed E-state index contributed by atoms with van der Waals surface area (Å²) in [4.78, 5) is 37.7. The molecule has 0 aromatic heterocycles. The van der Waals surface area contributed by atoms with Crippen LogP contribution in [0.15, 0.2) is 122 Å². The van der Waals surface area contributed by atoms with Gasteiger partial charge in [0.25, 0.3) is 0 Å². The molecule has 0 amide bonds. The van der Waals surface area contributed by atoms with E-state index in [4.69, 9.17) is 14.2 Å². The third-order valence-electron chi connectivity index (χ3n) is 8.85. The molecule has 0 saturated heterocycles. The fourth-order valence-electron chi connectivity index (χ4n) is 5.51. The van der Waals surface area contributed by atoms with Crippen molar-refractivity contribution in [1.82, 2.24) is 0 Å². The first-order chi connectivity index (χ1) is 28.5. The predicted octanol–water partition coefficient (Wildman–Crippen LogP) is 14.6. The lowest BCUT2D eigenvalue weighted by molar-refractivity contribution is -0.167. The van der Waals surface area contributed by atoms with Crippen molar-refractivity contribution in [3.8, 4) is 0 Å². The standard InChI is InChI=1S/C52H80O6/c1-4-7-10-13-16-19-21-23-24-25-26-27-29-30-33-36-39-42-45-51(54)57-48-49(47-56-50(53)44-41-38-35-32-18-15-12-9-6-3)58-52(55)46-43-40-37-34-31-28-22-20-17-14-11-8-5-2/h8-14,16-27,32,49H,4-7,15,28-31,33-48H2,1-3H3/b11-8-,12-9-,13-10-,17-14-,19-16-,22-20-,23-21-,25-24-,27-26-,32-18-. The fraction of sp³-hybridized carbons (Fsp3) is 0.558. The average molecular weight is 801 g/mol. The molecular weight excluding hydrogens is 721 g/mol. The zero-order valence-corrected chi connectivity index (χ0v) is 36.8. The maximum absolute atomic E-state index is 12.7. The largest absolute Gasteiger partial charge is 0.462 e. The van der Waals surface area contributed by atoms with Crippen LogP contribution in [-0.2, 0) is 28.6 Å². The van der Waals surface area contributed by atoms with E-state index in [1.807, 2.05) is 42.5 Å². The zero-order chi connectivity index (χ0) is 42.3. The molecule has 0 N–H and O–H groups in total. The molecule has 0 aromatic carbocycles. The Morgan fingerprint density at radius 1 is 0.379 bits per heavy atom. The maximum Gasteiger partial charge on any atom is 0.306 e. The molecule has 1 atom stereocenters. The van der Waals surface area contributed by atoms with Gasteiger partial charge in [-0.05, 0) is 83.5 Å². The average Bonchev–Trinajstić information content (AvgIpc) is 3.22. The minimum atomic E-state index is -0.814.